The molecule has 172 valence electrons. The lowest BCUT2D eigenvalue weighted by molar-refractivity contribution is -0.158. The minimum atomic E-state index is -2.45. The fourth-order valence-electron chi connectivity index (χ4n) is 4.41. The summed E-state index contributed by atoms with van der Waals surface area (Å²) in [6.07, 6.45) is 1.22. The molecule has 8 nitrogen and oxygen atoms in total. The van der Waals surface area contributed by atoms with Crippen molar-refractivity contribution in [2.24, 2.45) is 5.92 Å². The van der Waals surface area contributed by atoms with Crippen LogP contribution in [-0.2, 0) is 25.7 Å². The Kier molecular flexibility index (Phi) is 5.76. The van der Waals surface area contributed by atoms with E-state index in [0.717, 1.165) is 18.6 Å². The number of carbonyl (C=O) groups excluding carboxylic acids is 3. The number of benzene rings is 1. The summed E-state index contributed by atoms with van der Waals surface area (Å²) in [5.41, 5.74) is -2.33. The molecular weight excluding hydrogens is 424 g/mol. The minimum absolute atomic E-state index is 0.00202. The van der Waals surface area contributed by atoms with Gasteiger partial charge in [0, 0.05) is 24.3 Å². The molecule has 3 aliphatic heterocycles. The molecule has 0 radical (unpaired) electrons. The number of piperazine rings is 1. The fraction of sp³-hybridized carbons (Fsp3) is 0.500. The largest absolute Gasteiger partial charge is 0.371 e. The summed E-state index contributed by atoms with van der Waals surface area (Å²) in [7, 11) is 0. The molecule has 3 aliphatic rings. The van der Waals surface area contributed by atoms with E-state index < -0.39 is 41.7 Å². The van der Waals surface area contributed by atoms with Gasteiger partial charge >= 0.3 is 0 Å². The normalized spacial score (nSPS) is 27.4. The second-order valence-electron chi connectivity index (χ2n) is 8.84. The lowest BCUT2D eigenvalue weighted by Gasteiger charge is -2.45. The lowest BCUT2D eigenvalue weighted by atomic mass is 9.90. The monoisotopic (exact) mass is 449 g/mol. The molecule has 2 N–H and O–H groups in total. The molecule has 1 aromatic rings. The second kappa shape index (κ2) is 8.25. The summed E-state index contributed by atoms with van der Waals surface area (Å²) in [5.74, 6) is -3.58. The Morgan fingerprint density at radius 3 is 2.78 bits per heavy atom. The first-order chi connectivity index (χ1) is 15.1. The SMILES string of the molecule is CC(C)C[C@@H]1CO[C@H]2CN3CC(O)(C(=O)NCc4ccc(F)cc4F)C(=O)C=C3C(=O)N12. The van der Waals surface area contributed by atoms with Crippen LogP contribution in [0.4, 0.5) is 8.78 Å². The van der Waals surface area contributed by atoms with Gasteiger partial charge in [0.15, 0.2) is 6.23 Å². The van der Waals surface area contributed by atoms with Gasteiger partial charge in [-0.25, -0.2) is 8.78 Å². The van der Waals surface area contributed by atoms with E-state index in [4.69, 9.17) is 4.74 Å². The van der Waals surface area contributed by atoms with Gasteiger partial charge in [0.25, 0.3) is 11.8 Å². The number of nitrogens with zero attached hydrogens (tertiary/aromatic N) is 2. The highest BCUT2D eigenvalue weighted by atomic mass is 19.1. The van der Waals surface area contributed by atoms with E-state index in [1.54, 1.807) is 4.90 Å². The van der Waals surface area contributed by atoms with E-state index in [1.165, 1.54) is 11.0 Å². The van der Waals surface area contributed by atoms with Gasteiger partial charge in [0.1, 0.15) is 17.3 Å². The molecule has 10 heteroatoms. The fourth-order valence-corrected chi connectivity index (χ4v) is 4.41. The lowest BCUT2D eigenvalue weighted by Crippen LogP contribution is -2.65. The smallest absolute Gasteiger partial charge is 0.272 e. The van der Waals surface area contributed by atoms with Crippen LogP contribution in [-0.4, -0.2) is 70.1 Å². The van der Waals surface area contributed by atoms with E-state index in [2.05, 4.69) is 5.32 Å². The zero-order chi connectivity index (χ0) is 23.2. The summed E-state index contributed by atoms with van der Waals surface area (Å²) >= 11 is 0. The van der Waals surface area contributed by atoms with Crippen molar-refractivity contribution in [3.63, 3.8) is 0 Å². The molecular formula is C22H25F2N3O5. The highest BCUT2D eigenvalue weighted by Crippen LogP contribution is 2.33. The van der Waals surface area contributed by atoms with Gasteiger partial charge < -0.3 is 25.0 Å². The van der Waals surface area contributed by atoms with Crippen LogP contribution in [0.5, 0.6) is 0 Å². The predicted molar refractivity (Wildman–Crippen MR) is 108 cm³/mol. The molecule has 2 saturated heterocycles. The van der Waals surface area contributed by atoms with Gasteiger partial charge in [-0.2, -0.15) is 0 Å². The highest BCUT2D eigenvalue weighted by molar-refractivity contribution is 6.17. The molecule has 0 aromatic heterocycles. The Hall–Kier alpha value is -2.85. The third-order valence-electron chi connectivity index (χ3n) is 6.02. The van der Waals surface area contributed by atoms with Gasteiger partial charge in [-0.05, 0) is 18.4 Å². The van der Waals surface area contributed by atoms with Gasteiger partial charge in [-0.1, -0.05) is 19.9 Å². The molecule has 1 unspecified atom stereocenters. The second-order valence-corrected chi connectivity index (χ2v) is 8.84. The highest BCUT2D eigenvalue weighted by Gasteiger charge is 2.53. The molecule has 0 saturated carbocycles. The number of aliphatic hydroxyl groups is 1. The number of ketones is 1. The Balaban J connectivity index is 1.50. The Labute approximate surface area is 183 Å². The van der Waals surface area contributed by atoms with Crippen molar-refractivity contribution in [1.29, 1.82) is 0 Å². The van der Waals surface area contributed by atoms with Crippen LogP contribution < -0.4 is 5.32 Å². The zero-order valence-electron chi connectivity index (χ0n) is 17.8. The van der Waals surface area contributed by atoms with Gasteiger partial charge in [-0.3, -0.25) is 14.4 Å². The predicted octanol–water partition coefficient (Wildman–Crippen LogP) is 0.694. The Morgan fingerprint density at radius 2 is 2.09 bits per heavy atom. The van der Waals surface area contributed by atoms with E-state index in [0.29, 0.717) is 18.6 Å². The number of fused-ring (bicyclic) bond motifs is 2. The zero-order valence-corrected chi connectivity index (χ0v) is 17.8. The van der Waals surface area contributed by atoms with Crippen LogP contribution in [0.3, 0.4) is 0 Å². The maximum absolute atomic E-state index is 13.8. The molecule has 4 rings (SSSR count). The summed E-state index contributed by atoms with van der Waals surface area (Å²) in [6, 6.07) is 2.79. The topological polar surface area (TPSA) is 99.2 Å². The van der Waals surface area contributed by atoms with Crippen molar-refractivity contribution in [2.75, 3.05) is 19.7 Å². The van der Waals surface area contributed by atoms with Gasteiger partial charge in [0.05, 0.1) is 25.7 Å². The summed E-state index contributed by atoms with van der Waals surface area (Å²) in [5, 5.41) is 13.2. The maximum atomic E-state index is 13.8. The van der Waals surface area contributed by atoms with Crippen LogP contribution >= 0.6 is 0 Å². The first-order valence-corrected chi connectivity index (χ1v) is 10.5. The van der Waals surface area contributed by atoms with Gasteiger partial charge in [0.2, 0.25) is 11.4 Å². The van der Waals surface area contributed by atoms with Crippen molar-refractivity contribution in [3.05, 3.63) is 47.2 Å². The van der Waals surface area contributed by atoms with E-state index in [9.17, 15) is 28.3 Å². The average Bonchev–Trinajstić information content (AvgIpc) is 3.10. The minimum Gasteiger partial charge on any atom is -0.371 e. The number of halogens is 2. The molecule has 3 heterocycles. The van der Waals surface area contributed by atoms with E-state index in [1.807, 2.05) is 13.8 Å². The number of carbonyl (C=O) groups is 3. The molecule has 2 fully saturated rings. The third kappa shape index (κ3) is 3.88. The number of hydrogen-bond acceptors (Lipinski definition) is 6. The van der Waals surface area contributed by atoms with Crippen molar-refractivity contribution in [2.45, 2.75) is 44.7 Å². The molecule has 0 spiro atoms. The number of hydrogen-bond donors (Lipinski definition) is 2. The number of amides is 2. The Bertz CT molecular complexity index is 998. The molecule has 0 bridgehead atoms. The van der Waals surface area contributed by atoms with Crippen molar-refractivity contribution < 1.29 is 33.0 Å². The number of nitrogens with one attached hydrogen (secondary N) is 1. The van der Waals surface area contributed by atoms with E-state index >= 15 is 0 Å². The molecule has 3 atom stereocenters. The number of ether oxygens (including phenoxy) is 1. The average molecular weight is 449 g/mol. The summed E-state index contributed by atoms with van der Waals surface area (Å²) < 4.78 is 32.6. The molecule has 2 amide bonds. The van der Waals surface area contributed by atoms with Crippen molar-refractivity contribution >= 4 is 17.6 Å². The first kappa shape index (κ1) is 22.3. The summed E-state index contributed by atoms with van der Waals surface area (Å²) in [4.78, 5) is 41.5. The third-order valence-corrected chi connectivity index (χ3v) is 6.02. The standard InChI is InChI=1S/C22H25F2N3O5/c1-12(2)5-15-10-32-19-9-26-11-22(31,18(28)7-17(26)20(29)27(15)19)21(30)25-8-13-3-4-14(23)6-16(13)24/h3-4,6-7,12,15,19,31H,5,8-11H2,1-2H3,(H,25,30)/t15-,19+,22?/m1/s1. The molecule has 0 aliphatic carbocycles. The Morgan fingerprint density at radius 1 is 1.34 bits per heavy atom. The van der Waals surface area contributed by atoms with Crippen LogP contribution in [0.2, 0.25) is 0 Å². The van der Waals surface area contributed by atoms with Crippen LogP contribution in [0.15, 0.2) is 30.0 Å². The maximum Gasteiger partial charge on any atom is 0.272 e. The van der Waals surface area contributed by atoms with Crippen LogP contribution in [0.25, 0.3) is 0 Å². The van der Waals surface area contributed by atoms with Crippen molar-refractivity contribution in [1.82, 2.24) is 15.1 Å². The van der Waals surface area contributed by atoms with Crippen LogP contribution in [0, 0.1) is 17.6 Å². The molecule has 1 aromatic carbocycles. The van der Waals surface area contributed by atoms with Gasteiger partial charge in [-0.15, -0.1) is 0 Å². The quantitative estimate of drug-likeness (QED) is 0.642. The van der Waals surface area contributed by atoms with Crippen LogP contribution in [0.1, 0.15) is 25.8 Å². The summed E-state index contributed by atoms with van der Waals surface area (Å²) in [6.45, 7) is 3.93. The molecule has 32 heavy (non-hydrogen) atoms. The van der Waals surface area contributed by atoms with Crippen molar-refractivity contribution in [3.8, 4) is 0 Å². The number of rotatable bonds is 5. The first-order valence-electron chi connectivity index (χ1n) is 10.5. The van der Waals surface area contributed by atoms with E-state index in [-0.39, 0.29) is 36.3 Å².